The summed E-state index contributed by atoms with van der Waals surface area (Å²) in [7, 11) is 0. The lowest BCUT2D eigenvalue weighted by atomic mass is 9.72. The first-order valence-corrected chi connectivity index (χ1v) is 5.79. The Morgan fingerprint density at radius 3 is 2.44 bits per heavy atom. The van der Waals surface area contributed by atoms with Crippen LogP contribution in [-0.4, -0.2) is 24.5 Å². The molecule has 3 atom stereocenters. The molecule has 0 unspecified atom stereocenters. The van der Waals surface area contributed by atoms with Gasteiger partial charge in [0.25, 0.3) is 5.78 Å². The van der Waals surface area contributed by atoms with Crippen LogP contribution in [-0.2, 0) is 14.3 Å². The highest BCUT2D eigenvalue weighted by atomic mass is 19.4. The van der Waals surface area contributed by atoms with Gasteiger partial charge >= 0.3 is 12.1 Å². The summed E-state index contributed by atoms with van der Waals surface area (Å²) in [6.45, 7) is 1.47. The molecule has 1 fully saturated rings. The zero-order valence-corrected chi connectivity index (χ0v) is 9.79. The molecule has 0 spiro atoms. The average Bonchev–Trinajstić information content (AvgIpc) is 2.87. The SMILES string of the molecule is CCOC(=O)[C@]1(C(=O)C(F)(F)F)C[C@@H]2C=C[C@H]1C2. The third-order valence-electron chi connectivity index (χ3n) is 3.69. The van der Waals surface area contributed by atoms with Crippen LogP contribution in [0.2, 0.25) is 0 Å². The summed E-state index contributed by atoms with van der Waals surface area (Å²) < 4.78 is 42.8. The van der Waals surface area contributed by atoms with Gasteiger partial charge in [0, 0.05) is 5.92 Å². The number of carbonyl (C=O) groups is 2. The van der Waals surface area contributed by atoms with Gasteiger partial charge in [-0.15, -0.1) is 0 Å². The second-order valence-corrected chi connectivity index (χ2v) is 4.71. The topological polar surface area (TPSA) is 43.4 Å². The Kier molecular flexibility index (Phi) is 2.99. The first kappa shape index (κ1) is 13.1. The van der Waals surface area contributed by atoms with Crippen LogP contribution >= 0.6 is 0 Å². The fraction of sp³-hybridized carbons (Fsp3) is 0.667. The molecule has 2 bridgehead atoms. The quantitative estimate of drug-likeness (QED) is 0.445. The summed E-state index contributed by atoms with van der Waals surface area (Å²) >= 11 is 0. The number of hydrogen-bond donors (Lipinski definition) is 0. The van der Waals surface area contributed by atoms with Crippen LogP contribution in [0.5, 0.6) is 0 Å². The van der Waals surface area contributed by atoms with E-state index in [1.54, 1.807) is 6.08 Å². The molecule has 2 aliphatic rings. The van der Waals surface area contributed by atoms with Crippen molar-refractivity contribution in [2.75, 3.05) is 6.61 Å². The lowest BCUT2D eigenvalue weighted by molar-refractivity contribution is -0.191. The average molecular weight is 262 g/mol. The molecule has 0 heterocycles. The van der Waals surface area contributed by atoms with Gasteiger partial charge in [-0.1, -0.05) is 12.2 Å². The fourth-order valence-electron chi connectivity index (χ4n) is 2.96. The predicted molar refractivity (Wildman–Crippen MR) is 55.5 cm³/mol. The summed E-state index contributed by atoms with van der Waals surface area (Å²) in [5.74, 6) is -3.82. The van der Waals surface area contributed by atoms with Gasteiger partial charge in [0.2, 0.25) is 0 Å². The lowest BCUT2D eigenvalue weighted by Crippen LogP contribution is -2.50. The van der Waals surface area contributed by atoms with E-state index in [0.29, 0.717) is 6.42 Å². The van der Waals surface area contributed by atoms with E-state index >= 15 is 0 Å². The van der Waals surface area contributed by atoms with Crippen LogP contribution < -0.4 is 0 Å². The maximum absolute atomic E-state index is 12.7. The van der Waals surface area contributed by atoms with Gasteiger partial charge in [0.1, 0.15) is 5.41 Å². The smallest absolute Gasteiger partial charge is 0.451 e. The molecule has 0 aromatic heterocycles. The van der Waals surface area contributed by atoms with E-state index in [4.69, 9.17) is 4.74 Å². The molecule has 3 nitrogen and oxygen atoms in total. The fourth-order valence-corrected chi connectivity index (χ4v) is 2.96. The largest absolute Gasteiger partial charge is 0.465 e. The van der Waals surface area contributed by atoms with E-state index in [2.05, 4.69) is 0 Å². The van der Waals surface area contributed by atoms with Crippen molar-refractivity contribution in [1.82, 2.24) is 0 Å². The van der Waals surface area contributed by atoms with Gasteiger partial charge in [0.05, 0.1) is 6.61 Å². The van der Waals surface area contributed by atoms with Gasteiger partial charge in [0.15, 0.2) is 0 Å². The van der Waals surface area contributed by atoms with Crippen LogP contribution in [0.4, 0.5) is 13.2 Å². The second kappa shape index (κ2) is 4.10. The number of alkyl halides is 3. The zero-order valence-electron chi connectivity index (χ0n) is 9.79. The third kappa shape index (κ3) is 1.74. The number of halogens is 3. The van der Waals surface area contributed by atoms with Crippen LogP contribution in [0.3, 0.4) is 0 Å². The molecule has 0 aromatic carbocycles. The van der Waals surface area contributed by atoms with Crippen molar-refractivity contribution in [2.24, 2.45) is 17.3 Å². The molecule has 2 rings (SSSR count). The van der Waals surface area contributed by atoms with Crippen molar-refractivity contribution in [1.29, 1.82) is 0 Å². The summed E-state index contributed by atoms with van der Waals surface area (Å²) in [5.41, 5.74) is -2.05. The van der Waals surface area contributed by atoms with E-state index in [0.717, 1.165) is 0 Å². The van der Waals surface area contributed by atoms with Crippen LogP contribution in [0.1, 0.15) is 19.8 Å². The number of ketones is 1. The van der Waals surface area contributed by atoms with Crippen molar-refractivity contribution in [3.63, 3.8) is 0 Å². The highest BCUT2D eigenvalue weighted by molar-refractivity contribution is 6.07. The summed E-state index contributed by atoms with van der Waals surface area (Å²) in [5, 5.41) is 0. The number of fused-ring (bicyclic) bond motifs is 2. The molecule has 18 heavy (non-hydrogen) atoms. The Bertz CT molecular complexity index is 413. The first-order valence-electron chi connectivity index (χ1n) is 5.79. The number of hydrogen-bond acceptors (Lipinski definition) is 3. The molecule has 0 aliphatic heterocycles. The van der Waals surface area contributed by atoms with Crippen molar-refractivity contribution < 1.29 is 27.5 Å². The third-order valence-corrected chi connectivity index (χ3v) is 3.69. The number of ether oxygens (including phenoxy) is 1. The van der Waals surface area contributed by atoms with Crippen molar-refractivity contribution in [3.8, 4) is 0 Å². The van der Waals surface area contributed by atoms with Gasteiger partial charge in [-0.25, -0.2) is 0 Å². The Hall–Kier alpha value is -1.33. The molecule has 0 N–H and O–H groups in total. The number of esters is 1. The predicted octanol–water partition coefficient (Wildman–Crippen LogP) is 2.26. The van der Waals surface area contributed by atoms with Crippen molar-refractivity contribution in [2.45, 2.75) is 25.9 Å². The van der Waals surface area contributed by atoms with E-state index in [9.17, 15) is 22.8 Å². The number of carbonyl (C=O) groups excluding carboxylic acids is 2. The van der Waals surface area contributed by atoms with E-state index < -0.39 is 29.3 Å². The molecule has 0 aromatic rings. The van der Waals surface area contributed by atoms with E-state index in [1.807, 2.05) is 0 Å². The summed E-state index contributed by atoms with van der Waals surface area (Å²) in [6.07, 6.45) is -1.38. The molecule has 0 radical (unpaired) electrons. The molecule has 0 saturated heterocycles. The van der Waals surface area contributed by atoms with Gasteiger partial charge in [-0.3, -0.25) is 9.59 Å². The van der Waals surface area contributed by atoms with Gasteiger partial charge < -0.3 is 4.74 Å². The Balaban J connectivity index is 2.39. The molecular formula is C12H13F3O3. The maximum atomic E-state index is 12.7. The minimum Gasteiger partial charge on any atom is -0.465 e. The molecule has 1 saturated carbocycles. The second-order valence-electron chi connectivity index (χ2n) is 4.71. The summed E-state index contributed by atoms with van der Waals surface area (Å²) in [4.78, 5) is 23.5. The molecule has 2 aliphatic carbocycles. The monoisotopic (exact) mass is 262 g/mol. The number of allylic oxidation sites excluding steroid dienone is 2. The Morgan fingerprint density at radius 1 is 1.39 bits per heavy atom. The molecular weight excluding hydrogens is 249 g/mol. The van der Waals surface area contributed by atoms with Gasteiger partial charge in [-0.05, 0) is 25.7 Å². The Labute approximate surface area is 102 Å². The first-order chi connectivity index (χ1) is 8.32. The molecule has 6 heteroatoms. The summed E-state index contributed by atoms with van der Waals surface area (Å²) in [6, 6.07) is 0. The van der Waals surface area contributed by atoms with E-state index in [-0.39, 0.29) is 18.9 Å². The standard InChI is InChI=1S/C12H13F3O3/c1-2-18-10(17)11(9(16)12(13,14)15)6-7-3-4-8(11)5-7/h3-4,7-8H,2,5-6H2,1H3/t7-,8+,11-/m1/s1. The lowest BCUT2D eigenvalue weighted by Gasteiger charge is -2.31. The maximum Gasteiger partial charge on any atom is 0.451 e. The highest BCUT2D eigenvalue weighted by Gasteiger charge is 2.65. The van der Waals surface area contributed by atoms with E-state index in [1.165, 1.54) is 13.0 Å². The molecule has 100 valence electrons. The van der Waals surface area contributed by atoms with Crippen LogP contribution in [0.25, 0.3) is 0 Å². The normalized spacial score (nSPS) is 33.8. The van der Waals surface area contributed by atoms with Crippen LogP contribution in [0.15, 0.2) is 12.2 Å². The zero-order chi connectivity index (χ0) is 13.6. The minimum absolute atomic E-state index is 0.0349. The van der Waals surface area contributed by atoms with Gasteiger partial charge in [-0.2, -0.15) is 13.2 Å². The van der Waals surface area contributed by atoms with Crippen molar-refractivity contribution >= 4 is 11.8 Å². The molecule has 0 amide bonds. The Morgan fingerprint density at radius 2 is 2.06 bits per heavy atom. The highest BCUT2D eigenvalue weighted by Crippen LogP contribution is 2.55. The number of rotatable bonds is 3. The minimum atomic E-state index is -5.01. The van der Waals surface area contributed by atoms with Crippen LogP contribution in [0, 0.1) is 17.3 Å². The van der Waals surface area contributed by atoms with Crippen molar-refractivity contribution in [3.05, 3.63) is 12.2 Å². The number of Topliss-reactive ketones (excluding diaryl/α,β-unsaturated/α-hetero) is 1.